The topological polar surface area (TPSA) is 132 Å². The van der Waals surface area contributed by atoms with Crippen LogP contribution in [0, 0.1) is 5.82 Å². The molecular formula is C27H26ClFN6O6S. The van der Waals surface area contributed by atoms with E-state index < -0.39 is 41.5 Å². The average molecular weight is 617 g/mol. The molecule has 0 atom stereocenters. The smallest absolute Gasteiger partial charge is 0.341 e. The first-order valence-electron chi connectivity index (χ1n) is 13.1. The zero-order valence-corrected chi connectivity index (χ0v) is 24.2. The number of ether oxygens (including phenoxy) is 1. The van der Waals surface area contributed by atoms with Crippen LogP contribution >= 0.6 is 22.9 Å². The van der Waals surface area contributed by atoms with Crippen LogP contribution in [0.25, 0.3) is 5.69 Å². The fourth-order valence-electron chi connectivity index (χ4n) is 4.61. The van der Waals surface area contributed by atoms with Crippen LogP contribution in [0.2, 0.25) is 5.02 Å². The Kier molecular flexibility index (Phi) is 8.27. The second-order valence-electron chi connectivity index (χ2n) is 9.85. The number of nitrogens with zero attached hydrogens (tertiary/aromatic N) is 6. The number of fused-ring (bicyclic) bond motifs is 1. The molecule has 0 aliphatic carbocycles. The normalized spacial score (nSPS) is 13.4. The molecule has 0 radical (unpaired) electrons. The van der Waals surface area contributed by atoms with E-state index >= 15 is 4.39 Å². The second-order valence-corrected chi connectivity index (χ2v) is 11.2. The van der Waals surface area contributed by atoms with E-state index in [0.29, 0.717) is 27.8 Å². The number of hydrogen-bond acceptors (Lipinski definition) is 8. The van der Waals surface area contributed by atoms with Crippen LogP contribution in [0.15, 0.2) is 66.6 Å². The molecule has 0 unspecified atom stereocenters. The van der Waals surface area contributed by atoms with Gasteiger partial charge in [0.2, 0.25) is 4.80 Å². The fraction of sp³-hybridized carbons (Fsp3) is 0.333. The molecule has 15 heteroatoms. The molecule has 1 aliphatic heterocycles. The van der Waals surface area contributed by atoms with Gasteiger partial charge in [0, 0.05) is 13.1 Å². The second kappa shape index (κ2) is 11.9. The SMILES string of the molecule is CC(C)OC(=O)Cn1c(=O)n(Cc2ccccc2)c(=O)n(-c2cc(N=c3sc(=O)n4n3CCCC4)c(F)cc2Cl)c1=O. The molecular weight excluding hydrogens is 591 g/mol. The van der Waals surface area contributed by atoms with Crippen LogP contribution in [0.4, 0.5) is 10.1 Å². The molecule has 0 fully saturated rings. The molecule has 42 heavy (non-hydrogen) atoms. The number of esters is 1. The van der Waals surface area contributed by atoms with Gasteiger partial charge in [-0.05, 0) is 55.7 Å². The molecule has 0 amide bonds. The van der Waals surface area contributed by atoms with Gasteiger partial charge in [0.25, 0.3) is 0 Å². The highest BCUT2D eigenvalue weighted by atomic mass is 35.5. The van der Waals surface area contributed by atoms with Crippen LogP contribution < -0.4 is 26.7 Å². The van der Waals surface area contributed by atoms with Crippen molar-refractivity contribution in [3.63, 3.8) is 0 Å². The Balaban J connectivity index is 1.73. The van der Waals surface area contributed by atoms with Gasteiger partial charge in [-0.2, -0.15) is 0 Å². The minimum absolute atomic E-state index is 0.227. The Morgan fingerprint density at radius 3 is 2.36 bits per heavy atom. The quantitative estimate of drug-likeness (QED) is 0.292. The van der Waals surface area contributed by atoms with Gasteiger partial charge in [0.05, 0.1) is 23.4 Å². The van der Waals surface area contributed by atoms with E-state index in [2.05, 4.69) is 4.99 Å². The van der Waals surface area contributed by atoms with Crippen molar-refractivity contribution in [1.29, 1.82) is 0 Å². The Morgan fingerprint density at radius 2 is 1.67 bits per heavy atom. The van der Waals surface area contributed by atoms with Crippen LogP contribution in [-0.4, -0.2) is 35.1 Å². The number of rotatable bonds is 7. The van der Waals surface area contributed by atoms with E-state index in [1.807, 2.05) is 0 Å². The predicted octanol–water partition coefficient (Wildman–Crippen LogP) is 2.00. The Morgan fingerprint density at radius 1 is 1.00 bits per heavy atom. The van der Waals surface area contributed by atoms with Crippen molar-refractivity contribution in [1.82, 2.24) is 23.1 Å². The molecule has 0 saturated carbocycles. The molecule has 0 bridgehead atoms. The molecule has 4 aromatic rings. The first-order valence-corrected chi connectivity index (χ1v) is 14.3. The molecule has 0 spiro atoms. The van der Waals surface area contributed by atoms with Gasteiger partial charge < -0.3 is 4.74 Å². The zero-order valence-electron chi connectivity index (χ0n) is 22.7. The molecule has 12 nitrogen and oxygen atoms in total. The highest BCUT2D eigenvalue weighted by Gasteiger charge is 2.23. The first kappa shape index (κ1) is 29.2. The lowest BCUT2D eigenvalue weighted by Gasteiger charge is -2.16. The third-order valence-electron chi connectivity index (χ3n) is 6.51. The lowest BCUT2D eigenvalue weighted by molar-refractivity contribution is -0.148. The number of carbonyl (C=O) groups is 1. The maximum absolute atomic E-state index is 15.1. The first-order chi connectivity index (χ1) is 20.0. The van der Waals surface area contributed by atoms with Crippen LogP contribution in [-0.2, 0) is 35.7 Å². The van der Waals surface area contributed by atoms with Crippen molar-refractivity contribution in [3.05, 3.63) is 105 Å². The van der Waals surface area contributed by atoms with Gasteiger partial charge in [-0.1, -0.05) is 41.9 Å². The standard InChI is InChI=1S/C27H26ClFN6O6S/c1-16(2)41-22(36)15-32-24(37)31(14-17-8-4-3-5-9-17)25(38)35(26(32)39)21-13-20(19(29)12-18(21)28)30-23-33-10-6-7-11-34(33)27(40)42-23/h3-5,8-9,12-13,16H,6-7,10-11,14-15H2,1-2H3. The minimum Gasteiger partial charge on any atom is -0.462 e. The number of aromatic nitrogens is 5. The van der Waals surface area contributed by atoms with Gasteiger partial charge in [0.15, 0.2) is 5.82 Å². The Bertz CT molecular complexity index is 1990. The summed E-state index contributed by atoms with van der Waals surface area (Å²) in [7, 11) is 0. The van der Waals surface area contributed by atoms with Crippen molar-refractivity contribution in [3.8, 4) is 5.69 Å². The third-order valence-corrected chi connectivity index (χ3v) is 7.68. The number of hydrogen-bond donors (Lipinski definition) is 0. The maximum atomic E-state index is 15.1. The van der Waals surface area contributed by atoms with Crippen LogP contribution in [0.1, 0.15) is 32.3 Å². The Hall–Kier alpha value is -4.30. The van der Waals surface area contributed by atoms with Gasteiger partial charge in [0.1, 0.15) is 12.2 Å². The monoisotopic (exact) mass is 616 g/mol. The summed E-state index contributed by atoms with van der Waals surface area (Å²) in [6.07, 6.45) is 1.12. The van der Waals surface area contributed by atoms with Crippen molar-refractivity contribution >= 4 is 34.6 Å². The van der Waals surface area contributed by atoms with Crippen LogP contribution in [0.3, 0.4) is 0 Å². The van der Waals surface area contributed by atoms with Gasteiger partial charge in [-0.3, -0.25) is 14.3 Å². The molecule has 0 saturated heterocycles. The van der Waals surface area contributed by atoms with Crippen molar-refractivity contribution < 1.29 is 13.9 Å². The third kappa shape index (κ3) is 5.72. The van der Waals surface area contributed by atoms with E-state index in [4.69, 9.17) is 16.3 Å². The van der Waals surface area contributed by atoms with E-state index in [1.54, 1.807) is 48.9 Å². The summed E-state index contributed by atoms with van der Waals surface area (Å²) in [5, 5.41) is -0.313. The lowest BCUT2D eigenvalue weighted by Crippen LogP contribution is -2.55. The molecule has 2 aromatic heterocycles. The Labute approximate surface area is 245 Å². The highest BCUT2D eigenvalue weighted by Crippen LogP contribution is 2.27. The average Bonchev–Trinajstić information content (AvgIpc) is 3.26. The predicted molar refractivity (Wildman–Crippen MR) is 153 cm³/mol. The summed E-state index contributed by atoms with van der Waals surface area (Å²) in [5.41, 5.74) is -3.23. The molecule has 2 aromatic carbocycles. The van der Waals surface area contributed by atoms with E-state index in [0.717, 1.165) is 40.9 Å². The summed E-state index contributed by atoms with van der Waals surface area (Å²) in [4.78, 5) is 69.9. The maximum Gasteiger partial charge on any atom is 0.341 e. The highest BCUT2D eigenvalue weighted by molar-refractivity contribution is 7.06. The van der Waals surface area contributed by atoms with Crippen molar-refractivity contribution in [2.45, 2.75) is 59.0 Å². The number of carbonyl (C=O) groups excluding carboxylic acids is 1. The minimum atomic E-state index is -1.17. The number of halogens is 2. The summed E-state index contributed by atoms with van der Waals surface area (Å²) in [6, 6.07) is 10.5. The van der Waals surface area contributed by atoms with Crippen molar-refractivity contribution in [2.75, 3.05) is 0 Å². The summed E-state index contributed by atoms with van der Waals surface area (Å²) >= 11 is 7.19. The summed E-state index contributed by atoms with van der Waals surface area (Å²) in [6.45, 7) is 3.24. The van der Waals surface area contributed by atoms with Gasteiger partial charge in [-0.25, -0.2) is 42.1 Å². The number of benzene rings is 2. The molecule has 0 N–H and O–H groups in total. The molecule has 3 heterocycles. The van der Waals surface area contributed by atoms with Crippen LogP contribution in [0.5, 0.6) is 0 Å². The van der Waals surface area contributed by atoms with E-state index in [9.17, 15) is 24.0 Å². The fourth-order valence-corrected chi connectivity index (χ4v) is 5.73. The van der Waals surface area contributed by atoms with Gasteiger partial charge >= 0.3 is 27.9 Å². The van der Waals surface area contributed by atoms with Crippen molar-refractivity contribution in [2.24, 2.45) is 4.99 Å². The summed E-state index contributed by atoms with van der Waals surface area (Å²) in [5.74, 6) is -1.72. The molecule has 5 rings (SSSR count). The molecule has 1 aliphatic rings. The van der Waals surface area contributed by atoms with E-state index in [-0.39, 0.29) is 32.6 Å². The molecule has 220 valence electrons. The zero-order chi connectivity index (χ0) is 30.1. The lowest BCUT2D eigenvalue weighted by atomic mass is 10.2. The van der Waals surface area contributed by atoms with Gasteiger partial charge in [-0.15, -0.1) is 0 Å². The summed E-state index contributed by atoms with van der Waals surface area (Å²) < 4.78 is 25.4. The largest absolute Gasteiger partial charge is 0.462 e. The van der Waals surface area contributed by atoms with E-state index in [1.165, 1.54) is 4.68 Å².